The molecule has 1 aliphatic rings. The third-order valence-corrected chi connectivity index (χ3v) is 3.73. The molecule has 0 bridgehead atoms. The zero-order chi connectivity index (χ0) is 13.9. The number of hydrogen-bond acceptors (Lipinski definition) is 4. The maximum atomic E-state index is 5.66. The third kappa shape index (κ3) is 2.94. The van der Waals surface area contributed by atoms with E-state index in [1.54, 1.807) is 6.26 Å². The van der Waals surface area contributed by atoms with Crippen LogP contribution in [0.25, 0.3) is 0 Å². The van der Waals surface area contributed by atoms with E-state index in [4.69, 9.17) is 4.42 Å². The standard InChI is InChI=1S/C15H22N4O/c1-12(2)17-9-13-3-8-20-14(13)10-18-6-7-19-5-4-16-15(19)11-18/h3-5,8,12,17H,6-7,9-11H2,1-2H3. The number of rotatable bonds is 5. The quantitative estimate of drug-likeness (QED) is 0.905. The fourth-order valence-corrected chi connectivity index (χ4v) is 2.54. The van der Waals surface area contributed by atoms with Gasteiger partial charge in [0, 0.05) is 43.6 Å². The molecular formula is C15H22N4O. The fourth-order valence-electron chi connectivity index (χ4n) is 2.54. The van der Waals surface area contributed by atoms with Crippen LogP contribution in [0.15, 0.2) is 29.1 Å². The van der Waals surface area contributed by atoms with Gasteiger partial charge in [0.25, 0.3) is 0 Å². The molecule has 2 aromatic rings. The van der Waals surface area contributed by atoms with Crippen LogP contribution in [-0.2, 0) is 26.2 Å². The molecule has 0 spiro atoms. The van der Waals surface area contributed by atoms with Gasteiger partial charge in [-0.05, 0) is 6.07 Å². The molecule has 3 heterocycles. The summed E-state index contributed by atoms with van der Waals surface area (Å²) in [6.45, 7) is 8.98. The smallest absolute Gasteiger partial charge is 0.122 e. The fraction of sp³-hybridized carbons (Fsp3) is 0.533. The molecule has 0 saturated heterocycles. The Kier molecular flexibility index (Phi) is 3.89. The van der Waals surface area contributed by atoms with Crippen LogP contribution in [0.3, 0.4) is 0 Å². The first kappa shape index (κ1) is 13.4. The molecule has 0 saturated carbocycles. The lowest BCUT2D eigenvalue weighted by Crippen LogP contribution is -2.33. The Morgan fingerprint density at radius 3 is 3.15 bits per heavy atom. The number of nitrogens with one attached hydrogen (secondary N) is 1. The van der Waals surface area contributed by atoms with E-state index < -0.39 is 0 Å². The molecule has 0 radical (unpaired) electrons. The summed E-state index contributed by atoms with van der Waals surface area (Å²) in [7, 11) is 0. The van der Waals surface area contributed by atoms with Crippen molar-refractivity contribution in [3.05, 3.63) is 41.9 Å². The zero-order valence-electron chi connectivity index (χ0n) is 12.2. The van der Waals surface area contributed by atoms with Crippen LogP contribution in [0.1, 0.15) is 31.0 Å². The highest BCUT2D eigenvalue weighted by molar-refractivity contribution is 5.17. The predicted octanol–water partition coefficient (Wildman–Crippen LogP) is 1.99. The van der Waals surface area contributed by atoms with Crippen molar-refractivity contribution in [2.24, 2.45) is 0 Å². The Balaban J connectivity index is 1.63. The number of fused-ring (bicyclic) bond motifs is 1. The molecule has 0 amide bonds. The van der Waals surface area contributed by atoms with E-state index in [0.717, 1.165) is 44.3 Å². The lowest BCUT2D eigenvalue weighted by Gasteiger charge is -2.27. The third-order valence-electron chi connectivity index (χ3n) is 3.73. The van der Waals surface area contributed by atoms with Gasteiger partial charge in [-0.25, -0.2) is 4.98 Å². The lowest BCUT2D eigenvalue weighted by atomic mass is 10.2. The highest BCUT2D eigenvalue weighted by atomic mass is 16.3. The Morgan fingerprint density at radius 1 is 1.40 bits per heavy atom. The van der Waals surface area contributed by atoms with E-state index in [1.165, 1.54) is 5.56 Å². The van der Waals surface area contributed by atoms with Gasteiger partial charge < -0.3 is 14.3 Å². The van der Waals surface area contributed by atoms with Crippen LogP contribution in [0.5, 0.6) is 0 Å². The van der Waals surface area contributed by atoms with Crippen LogP contribution < -0.4 is 5.32 Å². The van der Waals surface area contributed by atoms with Crippen LogP contribution in [0, 0.1) is 0 Å². The van der Waals surface area contributed by atoms with Gasteiger partial charge in [0.05, 0.1) is 19.4 Å². The molecule has 0 unspecified atom stereocenters. The molecule has 0 fully saturated rings. The second kappa shape index (κ2) is 5.81. The highest BCUT2D eigenvalue weighted by Gasteiger charge is 2.19. The van der Waals surface area contributed by atoms with Gasteiger partial charge in [-0.3, -0.25) is 4.90 Å². The summed E-state index contributed by atoms with van der Waals surface area (Å²) >= 11 is 0. The minimum atomic E-state index is 0.486. The van der Waals surface area contributed by atoms with Gasteiger partial charge >= 0.3 is 0 Å². The van der Waals surface area contributed by atoms with Crippen LogP contribution in [0.2, 0.25) is 0 Å². The van der Waals surface area contributed by atoms with Gasteiger partial charge in [0.1, 0.15) is 11.6 Å². The largest absolute Gasteiger partial charge is 0.468 e. The van der Waals surface area contributed by atoms with Gasteiger partial charge in [0.2, 0.25) is 0 Å². The topological polar surface area (TPSA) is 46.2 Å². The maximum Gasteiger partial charge on any atom is 0.122 e. The number of imidazole rings is 1. The van der Waals surface area contributed by atoms with Gasteiger partial charge in [0.15, 0.2) is 0 Å². The van der Waals surface area contributed by atoms with Crippen molar-refractivity contribution >= 4 is 0 Å². The SMILES string of the molecule is CC(C)NCc1ccoc1CN1CCn2ccnc2C1. The molecule has 1 N–H and O–H groups in total. The Bertz CT molecular complexity index is 558. The molecule has 3 rings (SSSR count). The van der Waals surface area contributed by atoms with Crippen LogP contribution >= 0.6 is 0 Å². The molecule has 20 heavy (non-hydrogen) atoms. The molecule has 0 aliphatic carbocycles. The van der Waals surface area contributed by atoms with Crippen molar-refractivity contribution in [1.29, 1.82) is 0 Å². The van der Waals surface area contributed by atoms with Crippen LogP contribution in [0.4, 0.5) is 0 Å². The van der Waals surface area contributed by atoms with Crippen molar-refractivity contribution in [3.63, 3.8) is 0 Å². The number of furan rings is 1. The molecular weight excluding hydrogens is 252 g/mol. The Hall–Kier alpha value is -1.59. The summed E-state index contributed by atoms with van der Waals surface area (Å²) in [6, 6.07) is 2.55. The minimum Gasteiger partial charge on any atom is -0.468 e. The molecule has 1 aliphatic heterocycles. The number of hydrogen-bond donors (Lipinski definition) is 1. The zero-order valence-corrected chi connectivity index (χ0v) is 12.2. The second-order valence-corrected chi connectivity index (χ2v) is 5.65. The van der Waals surface area contributed by atoms with Crippen molar-refractivity contribution in [3.8, 4) is 0 Å². The summed E-state index contributed by atoms with van der Waals surface area (Å²) in [5.74, 6) is 2.21. The Morgan fingerprint density at radius 2 is 2.30 bits per heavy atom. The molecule has 0 atom stereocenters. The number of aromatic nitrogens is 2. The second-order valence-electron chi connectivity index (χ2n) is 5.65. The summed E-state index contributed by atoms with van der Waals surface area (Å²) in [4.78, 5) is 6.79. The summed E-state index contributed by atoms with van der Waals surface area (Å²) < 4.78 is 7.88. The van der Waals surface area contributed by atoms with Crippen molar-refractivity contribution < 1.29 is 4.42 Å². The number of nitrogens with zero attached hydrogens (tertiary/aromatic N) is 3. The molecule has 108 valence electrons. The highest BCUT2D eigenvalue weighted by Crippen LogP contribution is 2.17. The van der Waals surface area contributed by atoms with E-state index in [-0.39, 0.29) is 0 Å². The van der Waals surface area contributed by atoms with E-state index in [1.807, 2.05) is 6.20 Å². The van der Waals surface area contributed by atoms with Crippen LogP contribution in [-0.4, -0.2) is 27.0 Å². The summed E-state index contributed by atoms with van der Waals surface area (Å²) in [6.07, 6.45) is 5.72. The maximum absolute atomic E-state index is 5.66. The van der Waals surface area contributed by atoms with E-state index >= 15 is 0 Å². The first-order valence-corrected chi connectivity index (χ1v) is 7.23. The van der Waals surface area contributed by atoms with Gasteiger partial charge in [-0.15, -0.1) is 0 Å². The Labute approximate surface area is 119 Å². The average molecular weight is 274 g/mol. The first-order chi connectivity index (χ1) is 9.72. The monoisotopic (exact) mass is 274 g/mol. The molecule has 5 heteroatoms. The van der Waals surface area contributed by atoms with Crippen molar-refractivity contribution in [1.82, 2.24) is 19.8 Å². The molecule has 2 aromatic heterocycles. The minimum absolute atomic E-state index is 0.486. The first-order valence-electron chi connectivity index (χ1n) is 7.23. The van der Waals surface area contributed by atoms with E-state index in [2.05, 4.69) is 45.9 Å². The van der Waals surface area contributed by atoms with E-state index in [0.29, 0.717) is 6.04 Å². The summed E-state index contributed by atoms with van der Waals surface area (Å²) in [5, 5.41) is 3.44. The van der Waals surface area contributed by atoms with E-state index in [9.17, 15) is 0 Å². The molecule has 0 aromatic carbocycles. The average Bonchev–Trinajstić information content (AvgIpc) is 3.04. The normalized spacial score (nSPS) is 15.8. The summed E-state index contributed by atoms with van der Waals surface area (Å²) in [5.41, 5.74) is 1.26. The molecule has 5 nitrogen and oxygen atoms in total. The van der Waals surface area contributed by atoms with Gasteiger partial charge in [-0.2, -0.15) is 0 Å². The lowest BCUT2D eigenvalue weighted by molar-refractivity contribution is 0.193. The predicted molar refractivity (Wildman–Crippen MR) is 77.0 cm³/mol. The van der Waals surface area contributed by atoms with Crippen molar-refractivity contribution in [2.75, 3.05) is 6.54 Å². The van der Waals surface area contributed by atoms with Crippen molar-refractivity contribution in [2.45, 2.75) is 46.1 Å². The van der Waals surface area contributed by atoms with Gasteiger partial charge in [-0.1, -0.05) is 13.8 Å².